The summed E-state index contributed by atoms with van der Waals surface area (Å²) in [6.45, 7) is 2.60. The number of nitrogens with one attached hydrogen (secondary N) is 4. The first-order valence-corrected chi connectivity index (χ1v) is 9.06. The van der Waals surface area contributed by atoms with Gasteiger partial charge in [-0.05, 0) is 5.92 Å². The van der Waals surface area contributed by atoms with E-state index >= 15 is 0 Å². The highest BCUT2D eigenvalue weighted by atomic mass is 16.4. The van der Waals surface area contributed by atoms with Crippen LogP contribution >= 0.6 is 0 Å². The van der Waals surface area contributed by atoms with Crippen molar-refractivity contribution in [3.05, 3.63) is 18.2 Å². The number of carbonyl (C=O) groups excluding carboxylic acids is 3. The molecule has 8 N–H and O–H groups in total. The molecular weight excluding hydrogens is 400 g/mol. The molecule has 0 aromatic carbocycles. The van der Waals surface area contributed by atoms with Gasteiger partial charge in [0.25, 0.3) is 0 Å². The summed E-state index contributed by atoms with van der Waals surface area (Å²) in [5.74, 6) is -5.44. The smallest absolute Gasteiger partial charge is 0.326 e. The van der Waals surface area contributed by atoms with Gasteiger partial charge in [-0.3, -0.25) is 19.2 Å². The number of aromatic amines is 1. The Morgan fingerprint density at radius 3 is 2.30 bits per heavy atom. The quantitative estimate of drug-likeness (QED) is 0.189. The normalized spacial score (nSPS) is 13.7. The molecule has 0 aliphatic heterocycles. The van der Waals surface area contributed by atoms with Gasteiger partial charge in [0.2, 0.25) is 17.7 Å². The minimum absolute atomic E-state index is 0.0848. The SMILES string of the molecule is CC(C)C(NC(=O)CNC(=O)C(CC(=O)O)NC(=O)C(N)Cc1cnc[nH]1)C(=O)O. The van der Waals surface area contributed by atoms with Crippen molar-refractivity contribution in [3.8, 4) is 0 Å². The van der Waals surface area contributed by atoms with Crippen LogP contribution in [0.3, 0.4) is 0 Å². The second-order valence-electron chi connectivity index (χ2n) is 6.89. The molecule has 13 heteroatoms. The Hall–Kier alpha value is -3.48. The van der Waals surface area contributed by atoms with Crippen molar-refractivity contribution in [1.29, 1.82) is 0 Å². The summed E-state index contributed by atoms with van der Waals surface area (Å²) in [6, 6.07) is -3.69. The molecule has 3 amide bonds. The number of hydrogen-bond donors (Lipinski definition) is 7. The molecule has 0 bridgehead atoms. The van der Waals surface area contributed by atoms with Crippen LogP contribution in [-0.4, -0.2) is 74.5 Å². The molecule has 0 saturated heterocycles. The third-order valence-electron chi connectivity index (χ3n) is 4.02. The number of aliphatic carboxylic acids is 2. The van der Waals surface area contributed by atoms with Crippen molar-refractivity contribution < 1.29 is 34.2 Å². The van der Waals surface area contributed by atoms with Crippen molar-refractivity contribution in [2.75, 3.05) is 6.54 Å². The summed E-state index contributed by atoms with van der Waals surface area (Å²) in [5.41, 5.74) is 6.34. The number of nitrogens with two attached hydrogens (primary N) is 1. The average Bonchev–Trinajstić information content (AvgIpc) is 3.15. The van der Waals surface area contributed by atoms with Crippen molar-refractivity contribution in [2.24, 2.45) is 11.7 Å². The third-order valence-corrected chi connectivity index (χ3v) is 4.02. The van der Waals surface area contributed by atoms with Gasteiger partial charge in [0.15, 0.2) is 0 Å². The number of imidazole rings is 1. The molecule has 1 aromatic rings. The molecule has 0 saturated carbocycles. The molecule has 1 rings (SSSR count). The van der Waals surface area contributed by atoms with Crippen LogP contribution in [0.4, 0.5) is 0 Å². The minimum Gasteiger partial charge on any atom is -0.481 e. The van der Waals surface area contributed by atoms with E-state index in [-0.39, 0.29) is 6.42 Å². The molecule has 1 aromatic heterocycles. The minimum atomic E-state index is -1.48. The molecule has 3 unspecified atom stereocenters. The van der Waals surface area contributed by atoms with E-state index in [2.05, 4.69) is 25.9 Å². The molecule has 0 radical (unpaired) electrons. The van der Waals surface area contributed by atoms with Gasteiger partial charge in [0.05, 0.1) is 25.3 Å². The highest BCUT2D eigenvalue weighted by Crippen LogP contribution is 2.02. The lowest BCUT2D eigenvalue weighted by Crippen LogP contribution is -2.54. The van der Waals surface area contributed by atoms with Gasteiger partial charge in [-0.1, -0.05) is 13.8 Å². The van der Waals surface area contributed by atoms with E-state index < -0.39 is 66.7 Å². The van der Waals surface area contributed by atoms with Gasteiger partial charge in [-0.25, -0.2) is 9.78 Å². The van der Waals surface area contributed by atoms with E-state index in [1.807, 2.05) is 0 Å². The zero-order valence-corrected chi connectivity index (χ0v) is 16.5. The number of carbonyl (C=O) groups is 5. The zero-order chi connectivity index (χ0) is 22.8. The number of hydrogen-bond acceptors (Lipinski definition) is 7. The van der Waals surface area contributed by atoms with E-state index in [1.54, 1.807) is 13.8 Å². The molecule has 3 atom stereocenters. The predicted octanol–water partition coefficient (Wildman–Crippen LogP) is -2.42. The number of rotatable bonds is 12. The van der Waals surface area contributed by atoms with Crippen LogP contribution in [0.15, 0.2) is 12.5 Å². The molecule has 0 spiro atoms. The second-order valence-corrected chi connectivity index (χ2v) is 6.89. The summed E-state index contributed by atoms with van der Waals surface area (Å²) in [4.78, 5) is 65.1. The number of H-pyrrole nitrogens is 1. The van der Waals surface area contributed by atoms with Crippen LogP contribution in [0.25, 0.3) is 0 Å². The van der Waals surface area contributed by atoms with Crippen molar-refractivity contribution >= 4 is 29.7 Å². The molecule has 166 valence electrons. The molecule has 1 heterocycles. The standard InChI is InChI=1S/C17H26N6O7/c1-8(2)14(17(29)30)23-12(24)6-20-16(28)11(4-13(25)26)22-15(27)10(18)3-9-5-19-7-21-9/h5,7-8,10-11,14H,3-4,6,18H2,1-2H3,(H,19,21)(H,20,28)(H,22,27)(H,23,24)(H,25,26)(H,29,30). The van der Waals surface area contributed by atoms with Crippen LogP contribution in [0.2, 0.25) is 0 Å². The first-order valence-electron chi connectivity index (χ1n) is 9.06. The fourth-order valence-corrected chi connectivity index (χ4v) is 2.42. The van der Waals surface area contributed by atoms with Crippen molar-refractivity contribution in [3.63, 3.8) is 0 Å². The van der Waals surface area contributed by atoms with Crippen molar-refractivity contribution in [1.82, 2.24) is 25.9 Å². The lowest BCUT2D eigenvalue weighted by atomic mass is 10.0. The Morgan fingerprint density at radius 1 is 1.13 bits per heavy atom. The molecule has 0 aliphatic rings. The first kappa shape index (κ1) is 24.6. The Morgan fingerprint density at radius 2 is 1.80 bits per heavy atom. The molecule has 0 fully saturated rings. The van der Waals surface area contributed by atoms with Crippen LogP contribution in [-0.2, 0) is 30.4 Å². The maximum Gasteiger partial charge on any atom is 0.326 e. The Balaban J connectivity index is 2.65. The van der Waals surface area contributed by atoms with Crippen LogP contribution < -0.4 is 21.7 Å². The Bertz CT molecular complexity index is 765. The van der Waals surface area contributed by atoms with E-state index in [1.165, 1.54) is 12.5 Å². The maximum atomic E-state index is 12.3. The van der Waals surface area contributed by atoms with Crippen LogP contribution in [0.1, 0.15) is 26.0 Å². The van der Waals surface area contributed by atoms with Gasteiger partial charge in [0, 0.05) is 18.3 Å². The predicted molar refractivity (Wildman–Crippen MR) is 102 cm³/mol. The topological polar surface area (TPSA) is 217 Å². The second kappa shape index (κ2) is 11.5. The van der Waals surface area contributed by atoms with E-state index in [9.17, 15) is 24.0 Å². The molecule has 30 heavy (non-hydrogen) atoms. The summed E-state index contributed by atoms with van der Waals surface area (Å²) in [6.07, 6.45) is 2.22. The summed E-state index contributed by atoms with van der Waals surface area (Å²) < 4.78 is 0. The van der Waals surface area contributed by atoms with Gasteiger partial charge in [-0.2, -0.15) is 0 Å². The lowest BCUT2D eigenvalue weighted by Gasteiger charge is -2.20. The monoisotopic (exact) mass is 426 g/mol. The Labute approximate surface area is 171 Å². The van der Waals surface area contributed by atoms with Crippen molar-refractivity contribution in [2.45, 2.75) is 44.8 Å². The zero-order valence-electron chi connectivity index (χ0n) is 16.5. The van der Waals surface area contributed by atoms with Gasteiger partial charge in [0.1, 0.15) is 12.1 Å². The average molecular weight is 426 g/mol. The van der Waals surface area contributed by atoms with E-state index in [0.717, 1.165) is 0 Å². The lowest BCUT2D eigenvalue weighted by molar-refractivity contribution is -0.143. The van der Waals surface area contributed by atoms with E-state index in [4.69, 9.17) is 15.9 Å². The molecular formula is C17H26N6O7. The number of nitrogens with zero attached hydrogens (tertiary/aromatic N) is 1. The summed E-state index contributed by atoms with van der Waals surface area (Å²) in [5, 5.41) is 24.7. The van der Waals surface area contributed by atoms with Gasteiger partial charge in [-0.15, -0.1) is 0 Å². The largest absolute Gasteiger partial charge is 0.481 e. The fourth-order valence-electron chi connectivity index (χ4n) is 2.42. The highest BCUT2D eigenvalue weighted by molar-refractivity contribution is 5.94. The summed E-state index contributed by atoms with van der Waals surface area (Å²) in [7, 11) is 0. The number of aromatic nitrogens is 2. The third kappa shape index (κ3) is 8.26. The first-order chi connectivity index (χ1) is 14.0. The van der Waals surface area contributed by atoms with Gasteiger partial charge < -0.3 is 36.9 Å². The highest BCUT2D eigenvalue weighted by Gasteiger charge is 2.28. The molecule has 13 nitrogen and oxygen atoms in total. The number of carboxylic acid groups (broad SMARTS) is 2. The van der Waals surface area contributed by atoms with Crippen LogP contribution in [0.5, 0.6) is 0 Å². The summed E-state index contributed by atoms with van der Waals surface area (Å²) >= 11 is 0. The number of carboxylic acids is 2. The Kier molecular flexibility index (Phi) is 9.42. The molecule has 0 aliphatic carbocycles. The van der Waals surface area contributed by atoms with Crippen LogP contribution in [0, 0.1) is 5.92 Å². The maximum absolute atomic E-state index is 12.3. The van der Waals surface area contributed by atoms with Gasteiger partial charge >= 0.3 is 11.9 Å². The van der Waals surface area contributed by atoms with E-state index in [0.29, 0.717) is 5.69 Å². The fraction of sp³-hybridized carbons (Fsp3) is 0.529. The number of amides is 3.